The molecular weight excluding hydrogens is 216 g/mol. The Morgan fingerprint density at radius 2 is 1.82 bits per heavy atom. The van der Waals surface area contributed by atoms with Crippen LogP contribution in [0.1, 0.15) is 19.4 Å². The normalized spacial score (nSPS) is 10.6. The van der Waals surface area contributed by atoms with Gasteiger partial charge in [0.2, 0.25) is 0 Å². The van der Waals surface area contributed by atoms with Crippen molar-refractivity contribution in [1.29, 1.82) is 0 Å². The first-order valence-corrected chi connectivity index (χ1v) is 5.89. The van der Waals surface area contributed by atoms with Gasteiger partial charge in [-0.15, -0.1) is 0 Å². The van der Waals surface area contributed by atoms with Gasteiger partial charge >= 0.3 is 0 Å². The van der Waals surface area contributed by atoms with Crippen LogP contribution in [0, 0.1) is 12.8 Å². The number of Topliss-reactive ketones (excluding diaryl/α,β-unsaturated/α-hetero) is 1. The molecule has 0 aromatic heterocycles. The lowest BCUT2D eigenvalue weighted by Gasteiger charge is -2.08. The van der Waals surface area contributed by atoms with Gasteiger partial charge in [0.15, 0.2) is 5.78 Å². The molecule has 0 bridgehead atoms. The second-order valence-electron chi connectivity index (χ2n) is 4.34. The van der Waals surface area contributed by atoms with Gasteiger partial charge < -0.3 is 9.47 Å². The molecule has 0 radical (unpaired) electrons. The van der Waals surface area contributed by atoms with Crippen LogP contribution in [-0.4, -0.2) is 25.6 Å². The molecule has 3 nitrogen and oxygen atoms in total. The number of ether oxygens (including phenoxy) is 2. The predicted octanol–water partition coefficient (Wildman–Crippen LogP) is 2.62. The Morgan fingerprint density at radius 3 is 2.41 bits per heavy atom. The Morgan fingerprint density at radius 1 is 1.18 bits per heavy atom. The summed E-state index contributed by atoms with van der Waals surface area (Å²) < 4.78 is 10.7. The summed E-state index contributed by atoms with van der Waals surface area (Å²) in [4.78, 5) is 11.2. The molecule has 0 N–H and O–H groups in total. The number of carbonyl (C=O) groups is 1. The maximum Gasteiger partial charge on any atom is 0.160 e. The third kappa shape index (κ3) is 5.50. The zero-order chi connectivity index (χ0) is 12.7. The van der Waals surface area contributed by atoms with Crippen LogP contribution in [0.4, 0.5) is 0 Å². The highest BCUT2D eigenvalue weighted by Gasteiger charge is 2.06. The molecule has 0 aliphatic rings. The van der Waals surface area contributed by atoms with Gasteiger partial charge in [0, 0.05) is 5.92 Å². The fourth-order valence-corrected chi connectivity index (χ4v) is 1.19. The molecule has 0 aliphatic heterocycles. The lowest BCUT2D eigenvalue weighted by Crippen LogP contribution is -2.17. The molecule has 0 saturated heterocycles. The minimum atomic E-state index is 0.0352. The van der Waals surface area contributed by atoms with Gasteiger partial charge in [-0.05, 0) is 19.1 Å². The summed E-state index contributed by atoms with van der Waals surface area (Å²) in [7, 11) is 0. The summed E-state index contributed by atoms with van der Waals surface area (Å²) in [5.41, 5.74) is 1.20. The average Bonchev–Trinajstić information content (AvgIpc) is 2.30. The zero-order valence-electron chi connectivity index (χ0n) is 10.7. The van der Waals surface area contributed by atoms with Crippen LogP contribution in [0.3, 0.4) is 0 Å². The van der Waals surface area contributed by atoms with Gasteiger partial charge in [-0.2, -0.15) is 0 Å². The summed E-state index contributed by atoms with van der Waals surface area (Å²) in [5.74, 6) is 0.989. The maximum atomic E-state index is 11.2. The van der Waals surface area contributed by atoms with Gasteiger partial charge in [-0.25, -0.2) is 0 Å². The second kappa shape index (κ2) is 7.07. The first kappa shape index (κ1) is 13.7. The van der Waals surface area contributed by atoms with Crippen LogP contribution >= 0.6 is 0 Å². The molecule has 1 aromatic carbocycles. The standard InChI is InChI=1S/C14H20O3/c1-11(2)14(15)10-16-8-9-17-13-6-4-12(3)5-7-13/h4-7,11H,8-10H2,1-3H3. The molecule has 0 aliphatic carbocycles. The Bertz CT molecular complexity index is 341. The summed E-state index contributed by atoms with van der Waals surface area (Å²) in [5, 5.41) is 0. The van der Waals surface area contributed by atoms with Crippen molar-refractivity contribution >= 4 is 5.78 Å². The maximum absolute atomic E-state index is 11.2. The molecular formula is C14H20O3. The molecule has 17 heavy (non-hydrogen) atoms. The largest absolute Gasteiger partial charge is 0.491 e. The molecule has 0 saturated carbocycles. The van der Waals surface area contributed by atoms with Gasteiger partial charge in [-0.3, -0.25) is 4.79 Å². The lowest BCUT2D eigenvalue weighted by molar-refractivity contribution is -0.126. The van der Waals surface area contributed by atoms with Crippen LogP contribution in [0.25, 0.3) is 0 Å². The third-order valence-electron chi connectivity index (χ3n) is 2.41. The molecule has 0 heterocycles. The van der Waals surface area contributed by atoms with E-state index >= 15 is 0 Å². The first-order chi connectivity index (χ1) is 8.09. The van der Waals surface area contributed by atoms with Crippen molar-refractivity contribution in [3.8, 4) is 5.75 Å². The molecule has 0 amide bonds. The topological polar surface area (TPSA) is 35.5 Å². The van der Waals surface area contributed by atoms with Crippen molar-refractivity contribution in [1.82, 2.24) is 0 Å². The van der Waals surface area contributed by atoms with Crippen molar-refractivity contribution in [3.63, 3.8) is 0 Å². The molecule has 94 valence electrons. The SMILES string of the molecule is Cc1ccc(OCCOCC(=O)C(C)C)cc1. The third-order valence-corrected chi connectivity index (χ3v) is 2.41. The molecule has 1 rings (SSSR count). The van der Waals surface area contributed by atoms with Crippen LogP contribution in [0.5, 0.6) is 5.75 Å². The summed E-state index contributed by atoms with van der Waals surface area (Å²) in [6.07, 6.45) is 0. The van der Waals surface area contributed by atoms with E-state index < -0.39 is 0 Å². The van der Waals surface area contributed by atoms with E-state index in [9.17, 15) is 4.79 Å². The van der Waals surface area contributed by atoms with Crippen molar-refractivity contribution < 1.29 is 14.3 Å². The first-order valence-electron chi connectivity index (χ1n) is 5.89. The summed E-state index contributed by atoms with van der Waals surface area (Å²) >= 11 is 0. The predicted molar refractivity (Wildman–Crippen MR) is 67.3 cm³/mol. The van der Waals surface area contributed by atoms with Crippen molar-refractivity contribution in [2.75, 3.05) is 19.8 Å². The van der Waals surface area contributed by atoms with Crippen molar-refractivity contribution in [2.24, 2.45) is 5.92 Å². The number of hydrogen-bond donors (Lipinski definition) is 0. The van der Waals surface area contributed by atoms with E-state index in [4.69, 9.17) is 9.47 Å². The van der Waals surface area contributed by atoms with Crippen LogP contribution in [-0.2, 0) is 9.53 Å². The van der Waals surface area contributed by atoms with E-state index in [1.165, 1.54) is 5.56 Å². The van der Waals surface area contributed by atoms with Crippen molar-refractivity contribution in [3.05, 3.63) is 29.8 Å². The highest BCUT2D eigenvalue weighted by molar-refractivity contribution is 5.81. The van der Waals surface area contributed by atoms with Crippen LogP contribution in [0.2, 0.25) is 0 Å². The molecule has 0 unspecified atom stereocenters. The minimum absolute atomic E-state index is 0.0352. The molecule has 0 spiro atoms. The second-order valence-corrected chi connectivity index (χ2v) is 4.34. The van der Waals surface area contributed by atoms with E-state index in [1.807, 2.05) is 45.0 Å². The number of carbonyl (C=O) groups excluding carboxylic acids is 1. The van der Waals surface area contributed by atoms with E-state index in [-0.39, 0.29) is 18.3 Å². The minimum Gasteiger partial charge on any atom is -0.491 e. The Labute approximate surface area is 103 Å². The van der Waals surface area contributed by atoms with E-state index in [2.05, 4.69) is 0 Å². The molecule has 0 atom stereocenters. The molecule has 0 fully saturated rings. The Kier molecular flexibility index (Phi) is 5.70. The zero-order valence-corrected chi connectivity index (χ0v) is 10.7. The van der Waals surface area contributed by atoms with E-state index in [0.717, 1.165) is 5.75 Å². The van der Waals surface area contributed by atoms with Gasteiger partial charge in [0.25, 0.3) is 0 Å². The number of rotatable bonds is 7. The number of benzene rings is 1. The van der Waals surface area contributed by atoms with Gasteiger partial charge in [0.05, 0.1) is 6.61 Å². The Balaban J connectivity index is 2.12. The van der Waals surface area contributed by atoms with Gasteiger partial charge in [0.1, 0.15) is 19.0 Å². The van der Waals surface area contributed by atoms with E-state index in [0.29, 0.717) is 13.2 Å². The molecule has 3 heteroatoms. The fourth-order valence-electron chi connectivity index (χ4n) is 1.19. The monoisotopic (exact) mass is 236 g/mol. The average molecular weight is 236 g/mol. The number of aryl methyl sites for hydroxylation is 1. The highest BCUT2D eigenvalue weighted by atomic mass is 16.5. The van der Waals surface area contributed by atoms with Crippen LogP contribution in [0.15, 0.2) is 24.3 Å². The number of hydrogen-bond acceptors (Lipinski definition) is 3. The fraction of sp³-hybridized carbons (Fsp3) is 0.500. The smallest absolute Gasteiger partial charge is 0.160 e. The lowest BCUT2D eigenvalue weighted by atomic mass is 10.1. The molecule has 1 aromatic rings. The van der Waals surface area contributed by atoms with Gasteiger partial charge in [-0.1, -0.05) is 31.5 Å². The van der Waals surface area contributed by atoms with Crippen LogP contribution < -0.4 is 4.74 Å². The summed E-state index contributed by atoms with van der Waals surface area (Å²) in [6, 6.07) is 7.85. The quantitative estimate of drug-likeness (QED) is 0.683. The van der Waals surface area contributed by atoms with E-state index in [1.54, 1.807) is 0 Å². The Hall–Kier alpha value is -1.35. The highest BCUT2D eigenvalue weighted by Crippen LogP contribution is 2.10. The summed E-state index contributed by atoms with van der Waals surface area (Å²) in [6.45, 7) is 6.85. The van der Waals surface area contributed by atoms with Crippen molar-refractivity contribution in [2.45, 2.75) is 20.8 Å². The number of ketones is 1.